The standard InChI is InChI=1S/C23H23NO4S/c1-13(19-11-14-6-7-15(19)10-14)24-23(26)16-8-9-18-21(12-16)29(27,28)20-5-3-2-4-17(20)22(18)25/h2-5,8-9,12-15,19H,6-7,10-11H2,1H3,(H,24,26)/t13-,14+,15+,19-/m1/s1. The van der Waals surface area contributed by atoms with Gasteiger partial charge in [-0.05, 0) is 74.3 Å². The SMILES string of the molecule is C[C@@H](NC(=O)c1ccc2c(c1)S(=O)(=O)c1ccccc1C2=O)[C@H]1C[C@H]2CC[C@H]1C2. The Kier molecular flexibility index (Phi) is 4.17. The number of carbonyl (C=O) groups is 2. The molecule has 1 N–H and O–H groups in total. The van der Waals surface area contributed by atoms with Crippen molar-refractivity contribution >= 4 is 21.5 Å². The summed E-state index contributed by atoms with van der Waals surface area (Å²) in [6.45, 7) is 2.04. The average Bonchev–Trinajstić information content (AvgIpc) is 3.36. The second kappa shape index (κ2) is 6.52. The maximum Gasteiger partial charge on any atom is 0.251 e. The molecule has 2 saturated carbocycles. The first-order valence-corrected chi connectivity index (χ1v) is 11.7. The van der Waals surface area contributed by atoms with Crippen molar-refractivity contribution in [1.29, 1.82) is 0 Å². The Labute approximate surface area is 170 Å². The van der Waals surface area contributed by atoms with Crippen molar-refractivity contribution < 1.29 is 18.0 Å². The van der Waals surface area contributed by atoms with Gasteiger partial charge in [-0.1, -0.05) is 18.6 Å². The minimum Gasteiger partial charge on any atom is -0.349 e. The molecule has 29 heavy (non-hydrogen) atoms. The van der Waals surface area contributed by atoms with E-state index in [-0.39, 0.29) is 44.2 Å². The number of hydrogen-bond acceptors (Lipinski definition) is 4. The Hall–Kier alpha value is -2.47. The molecule has 3 aliphatic rings. The first kappa shape index (κ1) is 18.6. The second-order valence-corrected chi connectivity index (χ2v) is 10.5. The summed E-state index contributed by atoms with van der Waals surface area (Å²) in [6, 6.07) is 10.6. The Morgan fingerprint density at radius 3 is 2.52 bits per heavy atom. The summed E-state index contributed by atoms with van der Waals surface area (Å²) in [5, 5.41) is 3.07. The Morgan fingerprint density at radius 1 is 1.03 bits per heavy atom. The van der Waals surface area contributed by atoms with Crippen molar-refractivity contribution in [3.05, 3.63) is 59.2 Å². The quantitative estimate of drug-likeness (QED) is 0.716. The van der Waals surface area contributed by atoms with E-state index in [9.17, 15) is 18.0 Å². The molecular weight excluding hydrogens is 386 g/mol. The zero-order chi connectivity index (χ0) is 20.3. The van der Waals surface area contributed by atoms with Crippen LogP contribution in [0.3, 0.4) is 0 Å². The predicted octanol–water partition coefficient (Wildman–Crippen LogP) is 3.62. The molecule has 0 radical (unpaired) electrons. The van der Waals surface area contributed by atoms with Gasteiger partial charge in [0.2, 0.25) is 9.84 Å². The summed E-state index contributed by atoms with van der Waals surface area (Å²) in [6.07, 6.45) is 4.98. The molecule has 0 unspecified atom stereocenters. The lowest BCUT2D eigenvalue weighted by Gasteiger charge is -2.28. The predicted molar refractivity (Wildman–Crippen MR) is 108 cm³/mol. The number of rotatable bonds is 3. The van der Waals surface area contributed by atoms with Gasteiger partial charge in [0.25, 0.3) is 5.91 Å². The molecule has 2 fully saturated rings. The lowest BCUT2D eigenvalue weighted by molar-refractivity contribution is 0.0913. The van der Waals surface area contributed by atoms with Crippen LogP contribution in [0.4, 0.5) is 0 Å². The first-order valence-electron chi connectivity index (χ1n) is 10.2. The van der Waals surface area contributed by atoms with Crippen molar-refractivity contribution in [1.82, 2.24) is 5.32 Å². The lowest BCUT2D eigenvalue weighted by atomic mass is 9.84. The maximum atomic E-state index is 13.0. The van der Waals surface area contributed by atoms with Gasteiger partial charge in [-0.25, -0.2) is 8.42 Å². The molecule has 0 spiro atoms. The van der Waals surface area contributed by atoms with Crippen LogP contribution in [-0.4, -0.2) is 26.2 Å². The molecular formula is C23H23NO4S. The van der Waals surface area contributed by atoms with Crippen molar-refractivity contribution in [3.63, 3.8) is 0 Å². The highest BCUT2D eigenvalue weighted by Gasteiger charge is 2.42. The van der Waals surface area contributed by atoms with Crippen molar-refractivity contribution in [3.8, 4) is 0 Å². The van der Waals surface area contributed by atoms with Crippen LogP contribution < -0.4 is 5.32 Å². The van der Waals surface area contributed by atoms with Crippen LogP contribution in [0.15, 0.2) is 52.3 Å². The smallest absolute Gasteiger partial charge is 0.251 e. The van der Waals surface area contributed by atoms with E-state index in [0.29, 0.717) is 11.8 Å². The third kappa shape index (κ3) is 2.84. The monoisotopic (exact) mass is 409 g/mol. The fraction of sp³-hybridized carbons (Fsp3) is 0.391. The van der Waals surface area contributed by atoms with Gasteiger partial charge in [-0.2, -0.15) is 0 Å². The van der Waals surface area contributed by atoms with Crippen molar-refractivity contribution in [2.24, 2.45) is 17.8 Å². The third-order valence-electron chi connectivity index (χ3n) is 6.99. The number of carbonyl (C=O) groups excluding carboxylic acids is 2. The summed E-state index contributed by atoms with van der Waals surface area (Å²) in [5.41, 5.74) is 0.582. The zero-order valence-corrected chi connectivity index (χ0v) is 17.0. The van der Waals surface area contributed by atoms with Crippen molar-refractivity contribution in [2.45, 2.75) is 48.4 Å². The molecule has 5 nitrogen and oxygen atoms in total. The fourth-order valence-electron chi connectivity index (χ4n) is 5.53. The lowest BCUT2D eigenvalue weighted by Crippen LogP contribution is -2.40. The topological polar surface area (TPSA) is 80.3 Å². The van der Waals surface area contributed by atoms with E-state index >= 15 is 0 Å². The van der Waals surface area contributed by atoms with Gasteiger partial charge in [-0.15, -0.1) is 0 Å². The van der Waals surface area contributed by atoms with Gasteiger partial charge in [0, 0.05) is 22.7 Å². The summed E-state index contributed by atoms with van der Waals surface area (Å²) < 4.78 is 26.1. The highest BCUT2D eigenvalue weighted by Crippen LogP contribution is 2.49. The van der Waals surface area contributed by atoms with Gasteiger partial charge in [0.15, 0.2) is 5.78 Å². The molecule has 6 heteroatoms. The second-order valence-electron chi connectivity index (χ2n) is 8.64. The normalized spacial score (nSPS) is 27.2. The molecule has 1 amide bonds. The van der Waals surface area contributed by atoms with Crippen LogP contribution in [0.1, 0.15) is 58.9 Å². The van der Waals surface area contributed by atoms with Crippen LogP contribution >= 0.6 is 0 Å². The van der Waals surface area contributed by atoms with E-state index in [1.807, 2.05) is 6.92 Å². The number of nitrogens with one attached hydrogen (secondary N) is 1. The van der Waals surface area contributed by atoms with Crippen molar-refractivity contribution in [2.75, 3.05) is 0 Å². The van der Waals surface area contributed by atoms with E-state index in [1.54, 1.807) is 18.2 Å². The molecule has 0 aromatic heterocycles. The molecule has 5 rings (SSSR count). The summed E-state index contributed by atoms with van der Waals surface area (Å²) in [5.74, 6) is 1.36. The molecule has 2 aliphatic carbocycles. The molecule has 1 heterocycles. The number of hydrogen-bond donors (Lipinski definition) is 1. The van der Waals surface area contributed by atoms with Crippen LogP contribution in [0.25, 0.3) is 0 Å². The number of fused-ring (bicyclic) bond motifs is 4. The van der Waals surface area contributed by atoms with E-state index in [2.05, 4.69) is 5.32 Å². The molecule has 150 valence electrons. The van der Waals surface area contributed by atoms with Crippen LogP contribution in [-0.2, 0) is 9.84 Å². The average molecular weight is 410 g/mol. The molecule has 2 bridgehead atoms. The van der Waals surface area contributed by atoms with Crippen LogP contribution in [0.5, 0.6) is 0 Å². The third-order valence-corrected chi connectivity index (χ3v) is 8.84. The van der Waals surface area contributed by atoms with E-state index in [1.165, 1.54) is 43.5 Å². The van der Waals surface area contributed by atoms with Crippen LogP contribution in [0.2, 0.25) is 0 Å². The van der Waals surface area contributed by atoms with Gasteiger partial charge in [0.1, 0.15) is 0 Å². The summed E-state index contributed by atoms with van der Waals surface area (Å²) in [7, 11) is -3.84. The minimum absolute atomic E-state index is 0.00501. The van der Waals surface area contributed by atoms with E-state index in [0.717, 1.165) is 12.3 Å². The molecule has 2 aromatic rings. The van der Waals surface area contributed by atoms with Gasteiger partial charge in [-0.3, -0.25) is 9.59 Å². The first-order chi connectivity index (χ1) is 13.9. The highest BCUT2D eigenvalue weighted by molar-refractivity contribution is 7.91. The number of amides is 1. The summed E-state index contributed by atoms with van der Waals surface area (Å²) >= 11 is 0. The number of sulfone groups is 1. The molecule has 2 aromatic carbocycles. The Balaban J connectivity index is 1.44. The minimum atomic E-state index is -3.84. The Morgan fingerprint density at radius 2 is 1.79 bits per heavy atom. The fourth-order valence-corrected chi connectivity index (χ4v) is 7.21. The number of benzene rings is 2. The molecule has 0 saturated heterocycles. The van der Waals surface area contributed by atoms with Gasteiger partial charge < -0.3 is 5.32 Å². The molecule has 1 aliphatic heterocycles. The van der Waals surface area contributed by atoms with Gasteiger partial charge >= 0.3 is 0 Å². The molecule has 4 atom stereocenters. The Bertz CT molecular complexity index is 1140. The zero-order valence-electron chi connectivity index (χ0n) is 16.2. The highest BCUT2D eigenvalue weighted by atomic mass is 32.2. The van der Waals surface area contributed by atoms with E-state index in [4.69, 9.17) is 0 Å². The number of ketones is 1. The van der Waals surface area contributed by atoms with E-state index < -0.39 is 9.84 Å². The largest absolute Gasteiger partial charge is 0.349 e. The van der Waals surface area contributed by atoms with Gasteiger partial charge in [0.05, 0.1) is 9.79 Å². The van der Waals surface area contributed by atoms with Crippen LogP contribution in [0, 0.1) is 17.8 Å². The summed E-state index contributed by atoms with van der Waals surface area (Å²) in [4.78, 5) is 25.5. The maximum absolute atomic E-state index is 13.0.